The van der Waals surface area contributed by atoms with Crippen molar-refractivity contribution in [3.63, 3.8) is 0 Å². The highest BCUT2D eigenvalue weighted by Gasteiger charge is 2.55. The Kier molecular flexibility index (Phi) is 4.06. The Balaban J connectivity index is 2.75. The van der Waals surface area contributed by atoms with E-state index in [1.165, 1.54) is 18.7 Å². The Morgan fingerprint density at radius 2 is 2.06 bits per heavy atom. The van der Waals surface area contributed by atoms with Crippen LogP contribution in [0.1, 0.15) is 33.1 Å². The van der Waals surface area contributed by atoms with E-state index in [0.717, 1.165) is 0 Å². The summed E-state index contributed by atoms with van der Waals surface area (Å²) in [5, 5.41) is 0. The number of amides is 1. The second kappa shape index (κ2) is 4.84. The van der Waals surface area contributed by atoms with Crippen molar-refractivity contribution in [3.05, 3.63) is 0 Å². The van der Waals surface area contributed by atoms with Crippen LogP contribution in [0.15, 0.2) is 0 Å². The van der Waals surface area contributed by atoms with Crippen LogP contribution < -0.4 is 5.73 Å². The zero-order valence-corrected chi connectivity index (χ0v) is 10.2. The fraction of sp³-hybridized carbons (Fsp3) is 0.909. The molecule has 0 aromatic rings. The first-order valence-corrected chi connectivity index (χ1v) is 5.78. The maximum Gasteiger partial charge on any atom is 0.394 e. The van der Waals surface area contributed by atoms with E-state index in [0.29, 0.717) is 13.0 Å². The molecular formula is C11H19F3N2O. The van der Waals surface area contributed by atoms with E-state index in [1.54, 1.807) is 0 Å². The summed E-state index contributed by atoms with van der Waals surface area (Å²) in [6.45, 7) is 3.53. The smallest absolute Gasteiger partial charge is 0.337 e. The Labute approximate surface area is 99.1 Å². The number of rotatable bonds is 3. The second-order valence-electron chi connectivity index (χ2n) is 4.97. The number of likely N-dealkylation sites (tertiary alicyclic amines) is 1. The minimum atomic E-state index is -4.24. The lowest BCUT2D eigenvalue weighted by Gasteiger charge is -2.36. The van der Waals surface area contributed by atoms with Crippen LogP contribution >= 0.6 is 0 Å². The zero-order valence-electron chi connectivity index (χ0n) is 10.2. The fourth-order valence-electron chi connectivity index (χ4n) is 2.49. The third-order valence-corrected chi connectivity index (χ3v) is 3.48. The molecule has 1 unspecified atom stereocenters. The predicted molar refractivity (Wildman–Crippen MR) is 58.2 cm³/mol. The molecule has 17 heavy (non-hydrogen) atoms. The summed E-state index contributed by atoms with van der Waals surface area (Å²) in [7, 11) is 0. The maximum atomic E-state index is 12.8. The number of carbonyl (C=O) groups excluding carboxylic acids is 1. The van der Waals surface area contributed by atoms with Gasteiger partial charge in [0, 0.05) is 18.5 Å². The number of hydrogen-bond donors (Lipinski definition) is 1. The van der Waals surface area contributed by atoms with Crippen molar-refractivity contribution in [2.45, 2.75) is 44.8 Å². The highest BCUT2D eigenvalue weighted by molar-refractivity contribution is 5.77. The molecule has 0 spiro atoms. The molecule has 0 aliphatic carbocycles. The number of alkyl halides is 3. The predicted octanol–water partition coefficient (Wildman–Crippen LogP) is 1.91. The van der Waals surface area contributed by atoms with Gasteiger partial charge in [0.05, 0.1) is 5.92 Å². The van der Waals surface area contributed by atoms with Crippen molar-refractivity contribution in [3.8, 4) is 0 Å². The Hall–Kier alpha value is -0.780. The molecule has 2 N–H and O–H groups in total. The van der Waals surface area contributed by atoms with E-state index < -0.39 is 17.6 Å². The van der Waals surface area contributed by atoms with E-state index in [2.05, 4.69) is 0 Å². The first kappa shape index (κ1) is 14.3. The number of carbonyl (C=O) groups is 1. The second-order valence-corrected chi connectivity index (χ2v) is 4.97. The number of halogens is 3. The van der Waals surface area contributed by atoms with Crippen LogP contribution in [0.5, 0.6) is 0 Å². The van der Waals surface area contributed by atoms with Gasteiger partial charge in [-0.05, 0) is 33.2 Å². The summed E-state index contributed by atoms with van der Waals surface area (Å²) < 4.78 is 38.4. The summed E-state index contributed by atoms with van der Waals surface area (Å²) in [5.41, 5.74) is 4.14. The van der Waals surface area contributed by atoms with Crippen molar-refractivity contribution in [2.75, 3.05) is 13.1 Å². The van der Waals surface area contributed by atoms with Crippen LogP contribution in [-0.2, 0) is 4.79 Å². The van der Waals surface area contributed by atoms with E-state index in [9.17, 15) is 18.0 Å². The third kappa shape index (κ3) is 2.91. The van der Waals surface area contributed by atoms with Crippen molar-refractivity contribution in [2.24, 2.45) is 11.7 Å². The van der Waals surface area contributed by atoms with Gasteiger partial charge in [-0.25, -0.2) is 0 Å². The molecule has 1 aliphatic heterocycles. The molecule has 1 rings (SSSR count). The average Bonchev–Trinajstić information content (AvgIpc) is 2.49. The van der Waals surface area contributed by atoms with Gasteiger partial charge in [-0.15, -0.1) is 0 Å². The van der Waals surface area contributed by atoms with Crippen LogP contribution in [0.25, 0.3) is 0 Å². The van der Waals surface area contributed by atoms with Gasteiger partial charge in [0.25, 0.3) is 0 Å². The van der Waals surface area contributed by atoms with Gasteiger partial charge in [0.1, 0.15) is 0 Å². The number of nitrogens with two attached hydrogens (primary N) is 1. The molecule has 1 atom stereocenters. The van der Waals surface area contributed by atoms with Crippen LogP contribution in [-0.4, -0.2) is 35.6 Å². The number of nitrogens with zero attached hydrogens (tertiary/aromatic N) is 1. The Morgan fingerprint density at radius 1 is 1.47 bits per heavy atom. The van der Waals surface area contributed by atoms with Crippen LogP contribution in [0.3, 0.4) is 0 Å². The van der Waals surface area contributed by atoms with Crippen LogP contribution in [0, 0.1) is 5.92 Å². The molecular weight excluding hydrogens is 233 g/mol. The van der Waals surface area contributed by atoms with Gasteiger partial charge in [-0.1, -0.05) is 0 Å². The third-order valence-electron chi connectivity index (χ3n) is 3.48. The molecule has 0 aromatic heterocycles. The lowest BCUT2D eigenvalue weighted by molar-refractivity contribution is -0.192. The summed E-state index contributed by atoms with van der Waals surface area (Å²) >= 11 is 0. The van der Waals surface area contributed by atoms with Crippen LogP contribution in [0.4, 0.5) is 13.2 Å². The van der Waals surface area contributed by atoms with Gasteiger partial charge in [-0.2, -0.15) is 13.2 Å². The summed E-state index contributed by atoms with van der Waals surface area (Å²) in [6, 6.07) is 0. The minimum Gasteiger partial charge on any atom is -0.337 e. The van der Waals surface area contributed by atoms with E-state index in [1.807, 2.05) is 0 Å². The van der Waals surface area contributed by atoms with Gasteiger partial charge in [0.15, 0.2) is 0 Å². The molecule has 3 nitrogen and oxygen atoms in total. The molecule has 1 saturated heterocycles. The molecule has 1 amide bonds. The summed E-state index contributed by atoms with van der Waals surface area (Å²) in [5.74, 6) is -1.66. The van der Waals surface area contributed by atoms with Gasteiger partial charge >= 0.3 is 6.18 Å². The highest BCUT2D eigenvalue weighted by atomic mass is 19.4. The molecule has 1 aliphatic rings. The van der Waals surface area contributed by atoms with Crippen molar-refractivity contribution < 1.29 is 18.0 Å². The average molecular weight is 252 g/mol. The molecule has 1 fully saturated rings. The maximum absolute atomic E-state index is 12.8. The van der Waals surface area contributed by atoms with Gasteiger partial charge < -0.3 is 10.6 Å². The Bertz CT molecular complexity index is 289. The highest BCUT2D eigenvalue weighted by Crippen LogP contribution is 2.44. The van der Waals surface area contributed by atoms with E-state index in [-0.39, 0.29) is 25.3 Å². The van der Waals surface area contributed by atoms with Gasteiger partial charge in [0.2, 0.25) is 5.91 Å². The molecule has 0 radical (unpaired) electrons. The Morgan fingerprint density at radius 3 is 2.47 bits per heavy atom. The normalized spacial score (nSPS) is 24.1. The zero-order chi connectivity index (χ0) is 13.3. The first-order chi connectivity index (χ1) is 7.71. The van der Waals surface area contributed by atoms with Crippen molar-refractivity contribution in [1.82, 2.24) is 4.90 Å². The molecule has 1 heterocycles. The molecule has 0 saturated carbocycles. The molecule has 6 heteroatoms. The van der Waals surface area contributed by atoms with Crippen molar-refractivity contribution >= 4 is 5.91 Å². The first-order valence-electron chi connectivity index (χ1n) is 5.78. The summed E-state index contributed by atoms with van der Waals surface area (Å²) in [6.07, 6.45) is -3.51. The topological polar surface area (TPSA) is 46.3 Å². The lowest BCUT2D eigenvalue weighted by atomic mass is 9.87. The number of hydrogen-bond acceptors (Lipinski definition) is 2. The largest absolute Gasteiger partial charge is 0.394 e. The van der Waals surface area contributed by atoms with Gasteiger partial charge in [-0.3, -0.25) is 4.79 Å². The SMILES string of the molecule is CC1(C)C(C(F)(F)F)CCN1C(=O)CCCN. The van der Waals surface area contributed by atoms with E-state index >= 15 is 0 Å². The minimum absolute atomic E-state index is 0.00906. The lowest BCUT2D eigenvalue weighted by Crippen LogP contribution is -2.49. The standard InChI is InChI=1S/C11H19F3N2O/c1-10(2)8(11(12,13)14)5-7-16(10)9(17)4-3-6-15/h8H,3-7,15H2,1-2H3. The molecule has 100 valence electrons. The molecule has 0 bridgehead atoms. The summed E-state index contributed by atoms with van der Waals surface area (Å²) in [4.78, 5) is 13.1. The molecule has 0 aromatic carbocycles. The quantitative estimate of drug-likeness (QED) is 0.834. The monoisotopic (exact) mass is 252 g/mol. The fourth-order valence-corrected chi connectivity index (χ4v) is 2.49. The van der Waals surface area contributed by atoms with Crippen LogP contribution in [0.2, 0.25) is 0 Å². The van der Waals surface area contributed by atoms with Crippen molar-refractivity contribution in [1.29, 1.82) is 0 Å². The van der Waals surface area contributed by atoms with E-state index in [4.69, 9.17) is 5.73 Å².